The van der Waals surface area contributed by atoms with E-state index in [1.165, 1.54) is 11.3 Å². The Morgan fingerprint density at radius 1 is 1.23 bits per heavy atom. The van der Waals surface area contributed by atoms with Crippen LogP contribution in [-0.2, 0) is 28.9 Å². The van der Waals surface area contributed by atoms with Crippen molar-refractivity contribution >= 4 is 44.3 Å². The normalized spacial score (nSPS) is 15.0. The Morgan fingerprint density at radius 3 is 2.54 bits per heavy atom. The molecule has 3 heterocycles. The number of hydrogen-bond acceptors (Lipinski definition) is 7. The van der Waals surface area contributed by atoms with E-state index in [9.17, 15) is 23.1 Å². The van der Waals surface area contributed by atoms with Crippen molar-refractivity contribution in [1.29, 1.82) is 0 Å². The van der Waals surface area contributed by atoms with Gasteiger partial charge in [-0.25, -0.2) is 9.78 Å². The minimum Gasteiger partial charge on any atom is -0.479 e. The van der Waals surface area contributed by atoms with Gasteiger partial charge in [0.1, 0.15) is 18.2 Å². The standard InChI is InChI=1S/C25H24ClF3N6O3S/c1-13-11-16-21(39-23(30-16)33-9-10-34-17(12-33)31-32-35(34)25(27,28)29)19(14-5-7-15(26)8-6-14)18(13)20(22(36)37)38-24(2,3)4/h5-8,11,20H,9-10,12H2,1-4H3/p+1/t20-/m0/s1. The van der Waals surface area contributed by atoms with Crippen LogP contribution in [-0.4, -0.2) is 43.3 Å². The Kier molecular flexibility index (Phi) is 6.80. The maximum Gasteiger partial charge on any atom is 0.545 e. The van der Waals surface area contributed by atoms with Crippen LogP contribution < -0.4 is 9.58 Å². The van der Waals surface area contributed by atoms with Crippen molar-refractivity contribution in [3.63, 3.8) is 0 Å². The number of carbonyl (C=O) groups is 1. The Labute approximate surface area is 230 Å². The van der Waals surface area contributed by atoms with Gasteiger partial charge in [0.05, 0.1) is 22.4 Å². The molecule has 0 aliphatic carbocycles. The smallest absolute Gasteiger partial charge is 0.479 e. The first-order valence-electron chi connectivity index (χ1n) is 12.0. The second-order valence-electron chi connectivity index (χ2n) is 10.2. The average molecular weight is 582 g/mol. The molecule has 1 aliphatic rings. The first-order valence-corrected chi connectivity index (χ1v) is 13.2. The fourth-order valence-electron chi connectivity index (χ4n) is 4.62. The van der Waals surface area contributed by atoms with Gasteiger partial charge in [-0.05, 0) is 57.0 Å². The number of nitrogens with zero attached hydrogens (tertiary/aromatic N) is 6. The summed E-state index contributed by atoms with van der Waals surface area (Å²) in [5, 5.41) is 18.3. The lowest BCUT2D eigenvalue weighted by atomic mass is 9.91. The molecule has 1 aliphatic heterocycles. The molecule has 5 rings (SSSR count). The molecule has 206 valence electrons. The number of rotatable bonds is 5. The van der Waals surface area contributed by atoms with Gasteiger partial charge in [-0.3, -0.25) is 0 Å². The van der Waals surface area contributed by atoms with Gasteiger partial charge in [0, 0.05) is 20.9 Å². The van der Waals surface area contributed by atoms with Crippen LogP contribution in [0.2, 0.25) is 5.02 Å². The van der Waals surface area contributed by atoms with Crippen molar-refractivity contribution in [2.75, 3.05) is 11.4 Å². The highest BCUT2D eigenvalue weighted by Crippen LogP contribution is 2.44. The second-order valence-corrected chi connectivity index (χ2v) is 11.6. The van der Waals surface area contributed by atoms with Crippen molar-refractivity contribution < 1.29 is 32.5 Å². The number of aryl methyl sites for hydroxylation is 1. The summed E-state index contributed by atoms with van der Waals surface area (Å²) >= 11 is 7.48. The molecule has 2 aromatic carbocycles. The molecule has 0 radical (unpaired) electrons. The number of aromatic nitrogens is 5. The van der Waals surface area contributed by atoms with E-state index in [1.54, 1.807) is 32.9 Å². The number of aliphatic carboxylic acids is 1. The van der Waals surface area contributed by atoms with Crippen LogP contribution in [0.15, 0.2) is 30.3 Å². The summed E-state index contributed by atoms with van der Waals surface area (Å²) in [6, 6.07) is 8.90. The molecule has 0 amide bonds. The van der Waals surface area contributed by atoms with Gasteiger partial charge in [-0.1, -0.05) is 35.1 Å². The lowest BCUT2D eigenvalue weighted by Crippen LogP contribution is -2.57. The van der Waals surface area contributed by atoms with Gasteiger partial charge in [0.15, 0.2) is 16.4 Å². The number of carboxylic acids is 1. The van der Waals surface area contributed by atoms with Gasteiger partial charge >= 0.3 is 18.1 Å². The Bertz CT molecular complexity index is 1560. The molecule has 2 aromatic heterocycles. The van der Waals surface area contributed by atoms with Crippen LogP contribution in [0.3, 0.4) is 0 Å². The molecule has 0 fully saturated rings. The van der Waals surface area contributed by atoms with Crippen LogP contribution in [0, 0.1) is 6.92 Å². The van der Waals surface area contributed by atoms with Crippen LogP contribution in [0.25, 0.3) is 21.3 Å². The minimum atomic E-state index is -4.67. The largest absolute Gasteiger partial charge is 0.545 e. The van der Waals surface area contributed by atoms with Crippen LogP contribution in [0.5, 0.6) is 0 Å². The number of hydrogen-bond donors (Lipinski definition) is 1. The summed E-state index contributed by atoms with van der Waals surface area (Å²) in [5.41, 5.74) is 2.50. The Hall–Kier alpha value is -3.29. The predicted molar refractivity (Wildman–Crippen MR) is 139 cm³/mol. The van der Waals surface area contributed by atoms with Crippen molar-refractivity contribution in [1.82, 2.24) is 20.1 Å². The minimum absolute atomic E-state index is 0.0204. The van der Waals surface area contributed by atoms with E-state index in [0.29, 0.717) is 32.4 Å². The van der Waals surface area contributed by atoms with E-state index >= 15 is 0 Å². The third kappa shape index (κ3) is 5.30. The Morgan fingerprint density at radius 2 is 1.92 bits per heavy atom. The van der Waals surface area contributed by atoms with E-state index in [0.717, 1.165) is 14.9 Å². The first-order chi connectivity index (χ1) is 18.2. The van der Waals surface area contributed by atoms with Crippen molar-refractivity contribution in [3.8, 4) is 11.1 Å². The first kappa shape index (κ1) is 27.3. The zero-order valence-electron chi connectivity index (χ0n) is 21.5. The molecule has 9 nitrogen and oxygen atoms in total. The number of alkyl halides is 3. The summed E-state index contributed by atoms with van der Waals surface area (Å²) < 4.78 is 47.5. The summed E-state index contributed by atoms with van der Waals surface area (Å²) in [5.74, 6) is -0.960. The number of carboxylic acid groups (broad SMARTS) is 1. The van der Waals surface area contributed by atoms with Gasteiger partial charge in [-0.15, -0.1) is 17.9 Å². The third-order valence-corrected chi connectivity index (χ3v) is 7.59. The Balaban J connectivity index is 1.65. The topological polar surface area (TPSA) is 97.3 Å². The summed E-state index contributed by atoms with van der Waals surface area (Å²) in [7, 11) is 0. The third-order valence-electron chi connectivity index (χ3n) is 6.19. The monoisotopic (exact) mass is 581 g/mol. The highest BCUT2D eigenvalue weighted by molar-refractivity contribution is 7.22. The number of ether oxygens (including phenoxy) is 1. The van der Waals surface area contributed by atoms with Crippen LogP contribution in [0.1, 0.15) is 43.8 Å². The maximum absolute atomic E-state index is 13.3. The molecule has 0 saturated carbocycles. The summed E-state index contributed by atoms with van der Waals surface area (Å²) in [6.45, 7) is 7.56. The number of thiazole rings is 1. The highest BCUT2D eigenvalue weighted by Gasteiger charge is 2.44. The molecule has 0 saturated heterocycles. The number of benzene rings is 2. The number of tetrazole rings is 1. The highest BCUT2D eigenvalue weighted by atomic mass is 35.5. The molecule has 39 heavy (non-hydrogen) atoms. The molecule has 14 heteroatoms. The van der Waals surface area contributed by atoms with E-state index < -0.39 is 24.0 Å². The lowest BCUT2D eigenvalue weighted by Gasteiger charge is -2.28. The molecule has 0 unspecified atom stereocenters. The molecular formula is C25H25ClF3N6O3S+. The molecular weight excluding hydrogens is 557 g/mol. The fourth-order valence-corrected chi connectivity index (χ4v) is 5.89. The fraction of sp³-hybridized carbons (Fsp3) is 0.400. The van der Waals surface area contributed by atoms with Crippen molar-refractivity contribution in [3.05, 3.63) is 52.3 Å². The van der Waals surface area contributed by atoms with Crippen LogP contribution in [0.4, 0.5) is 18.3 Å². The summed E-state index contributed by atoms with van der Waals surface area (Å²) in [6.07, 6.45) is -5.92. The zero-order valence-corrected chi connectivity index (χ0v) is 23.0. The zero-order chi connectivity index (χ0) is 28.3. The molecule has 1 atom stereocenters. The van der Waals surface area contributed by atoms with Crippen molar-refractivity contribution in [2.24, 2.45) is 0 Å². The number of fused-ring (bicyclic) bond motifs is 2. The number of halogens is 4. The van der Waals surface area contributed by atoms with Gasteiger partial charge < -0.3 is 14.7 Å². The van der Waals surface area contributed by atoms with E-state index in [4.69, 9.17) is 21.3 Å². The van der Waals surface area contributed by atoms with E-state index in [1.807, 2.05) is 30.0 Å². The quantitative estimate of drug-likeness (QED) is 0.322. The summed E-state index contributed by atoms with van der Waals surface area (Å²) in [4.78, 5) is 19.1. The SMILES string of the molecule is Cc1cc2nc(N3CC[n+]4c(nnn4C(F)(F)F)C3)sc2c(-c2ccc(Cl)cc2)c1[C@H](OC(C)(C)C)C(=O)O. The molecule has 1 N–H and O–H groups in total. The molecule has 0 bridgehead atoms. The predicted octanol–water partition coefficient (Wildman–Crippen LogP) is 5.24. The van der Waals surface area contributed by atoms with E-state index in [2.05, 4.69) is 10.3 Å². The van der Waals surface area contributed by atoms with Gasteiger partial charge in [-0.2, -0.15) is 0 Å². The lowest BCUT2D eigenvalue weighted by molar-refractivity contribution is -0.807. The average Bonchev–Trinajstić information content (AvgIpc) is 3.45. The van der Waals surface area contributed by atoms with Gasteiger partial charge in [0.25, 0.3) is 0 Å². The van der Waals surface area contributed by atoms with Crippen LogP contribution >= 0.6 is 22.9 Å². The molecule has 0 spiro atoms. The van der Waals surface area contributed by atoms with Crippen molar-refractivity contribution in [2.45, 2.75) is 58.8 Å². The van der Waals surface area contributed by atoms with Gasteiger partial charge in [0.2, 0.25) is 0 Å². The maximum atomic E-state index is 13.3. The van der Waals surface area contributed by atoms with E-state index in [-0.39, 0.29) is 30.3 Å². The molecule has 4 aromatic rings. The number of anilines is 1. The second kappa shape index (κ2) is 9.72.